The van der Waals surface area contributed by atoms with Crippen LogP contribution in [0.25, 0.3) is 0 Å². The van der Waals surface area contributed by atoms with E-state index in [2.05, 4.69) is 42.6 Å². The second kappa shape index (κ2) is 7.55. The van der Waals surface area contributed by atoms with Gasteiger partial charge in [0.05, 0.1) is 6.04 Å². The Morgan fingerprint density at radius 2 is 2.00 bits per heavy atom. The number of para-hydroxylation sites is 1. The first-order valence-corrected chi connectivity index (χ1v) is 8.89. The van der Waals surface area contributed by atoms with Crippen molar-refractivity contribution in [3.63, 3.8) is 0 Å². The topological polar surface area (TPSA) is 38.3 Å². The summed E-state index contributed by atoms with van der Waals surface area (Å²) in [5.74, 6) is 1.82. The molecule has 0 aromatic heterocycles. The molecular weight excluding hydrogens is 306 g/mol. The van der Waals surface area contributed by atoms with Gasteiger partial charge in [-0.3, -0.25) is 4.79 Å². The van der Waals surface area contributed by atoms with E-state index in [1.54, 1.807) is 11.8 Å². The largest absolute Gasteiger partial charge is 0.491 e. The highest BCUT2D eigenvalue weighted by Crippen LogP contribution is 2.24. The summed E-state index contributed by atoms with van der Waals surface area (Å²) in [4.78, 5) is 13.3. The number of fused-ring (bicyclic) bond motifs is 1. The van der Waals surface area contributed by atoms with Crippen molar-refractivity contribution in [1.29, 1.82) is 0 Å². The Balaban J connectivity index is 1.42. The van der Waals surface area contributed by atoms with Crippen molar-refractivity contribution in [1.82, 2.24) is 5.32 Å². The smallest absolute Gasteiger partial charge is 0.221 e. The van der Waals surface area contributed by atoms with Crippen LogP contribution in [-0.4, -0.2) is 24.3 Å². The van der Waals surface area contributed by atoms with Crippen LogP contribution in [0.15, 0.2) is 53.4 Å². The fourth-order valence-electron chi connectivity index (χ4n) is 2.62. The lowest BCUT2D eigenvalue weighted by atomic mass is 10.0. The van der Waals surface area contributed by atoms with Gasteiger partial charge in [-0.1, -0.05) is 35.9 Å². The Morgan fingerprint density at radius 3 is 2.83 bits per heavy atom. The number of amides is 1. The lowest BCUT2D eigenvalue weighted by Crippen LogP contribution is -2.42. The van der Waals surface area contributed by atoms with Gasteiger partial charge in [-0.2, -0.15) is 0 Å². The van der Waals surface area contributed by atoms with E-state index in [9.17, 15) is 4.79 Å². The second-order valence-corrected chi connectivity index (χ2v) is 6.97. The Hall–Kier alpha value is -1.94. The zero-order chi connectivity index (χ0) is 16.1. The molecule has 23 heavy (non-hydrogen) atoms. The minimum Gasteiger partial charge on any atom is -0.491 e. The van der Waals surface area contributed by atoms with Crippen LogP contribution in [-0.2, 0) is 11.2 Å². The minimum absolute atomic E-state index is 0.0711. The van der Waals surface area contributed by atoms with Crippen molar-refractivity contribution < 1.29 is 9.53 Å². The Kier molecular flexibility index (Phi) is 5.23. The molecule has 2 aromatic carbocycles. The van der Waals surface area contributed by atoms with E-state index in [1.807, 2.05) is 18.2 Å². The molecule has 1 aliphatic heterocycles. The third kappa shape index (κ3) is 4.52. The lowest BCUT2D eigenvalue weighted by molar-refractivity contribution is -0.121. The summed E-state index contributed by atoms with van der Waals surface area (Å²) in [5, 5.41) is 3.08. The number of aryl methyl sites for hydroxylation is 1. The van der Waals surface area contributed by atoms with Crippen molar-refractivity contribution in [2.24, 2.45) is 0 Å². The highest BCUT2D eigenvalue weighted by molar-refractivity contribution is 7.99. The number of carbonyl (C=O) groups excluding carboxylic acids is 1. The Morgan fingerprint density at radius 1 is 1.22 bits per heavy atom. The molecule has 0 bridgehead atoms. The van der Waals surface area contributed by atoms with Gasteiger partial charge in [0.25, 0.3) is 0 Å². The molecule has 1 atom stereocenters. The molecule has 0 fully saturated rings. The normalized spacial score (nSPS) is 16.3. The highest BCUT2D eigenvalue weighted by Gasteiger charge is 2.20. The van der Waals surface area contributed by atoms with Gasteiger partial charge in [0.1, 0.15) is 12.4 Å². The van der Waals surface area contributed by atoms with Crippen LogP contribution in [0.5, 0.6) is 5.75 Å². The van der Waals surface area contributed by atoms with Crippen molar-refractivity contribution in [3.8, 4) is 5.75 Å². The molecule has 0 radical (unpaired) electrons. The molecule has 0 spiro atoms. The third-order valence-electron chi connectivity index (χ3n) is 3.86. The Bertz CT molecular complexity index is 669. The number of carbonyl (C=O) groups is 1. The van der Waals surface area contributed by atoms with E-state index in [1.165, 1.54) is 10.5 Å². The molecule has 0 saturated carbocycles. The molecule has 1 N–H and O–H groups in total. The maximum absolute atomic E-state index is 12.1. The quantitative estimate of drug-likeness (QED) is 0.853. The molecule has 0 saturated heterocycles. The standard InChI is InChI=1S/C19H21NO2S/c1-14-6-8-17(9-7-14)23-11-10-19(21)20-16-12-15-4-2-3-5-18(15)22-13-16/h2-9,16H,10-13H2,1H3,(H,20,21). The fourth-order valence-corrected chi connectivity index (χ4v) is 3.47. The third-order valence-corrected chi connectivity index (χ3v) is 4.88. The first-order chi connectivity index (χ1) is 11.2. The average Bonchev–Trinajstić information content (AvgIpc) is 2.56. The molecule has 3 rings (SSSR count). The molecule has 1 heterocycles. The number of rotatable bonds is 5. The van der Waals surface area contributed by atoms with Gasteiger partial charge >= 0.3 is 0 Å². The van der Waals surface area contributed by atoms with Crippen LogP contribution in [0.3, 0.4) is 0 Å². The van der Waals surface area contributed by atoms with Crippen LogP contribution >= 0.6 is 11.8 Å². The van der Waals surface area contributed by atoms with Crippen molar-refractivity contribution in [3.05, 3.63) is 59.7 Å². The van der Waals surface area contributed by atoms with Gasteiger partial charge in [-0.15, -0.1) is 11.8 Å². The summed E-state index contributed by atoms with van der Waals surface area (Å²) in [5.41, 5.74) is 2.42. The van der Waals surface area contributed by atoms with Crippen LogP contribution in [0, 0.1) is 6.92 Å². The van der Waals surface area contributed by atoms with E-state index in [4.69, 9.17) is 4.74 Å². The number of hydrogen-bond acceptors (Lipinski definition) is 3. The maximum Gasteiger partial charge on any atom is 0.221 e. The maximum atomic E-state index is 12.1. The lowest BCUT2D eigenvalue weighted by Gasteiger charge is -2.26. The molecular formula is C19H21NO2S. The second-order valence-electron chi connectivity index (χ2n) is 5.80. The summed E-state index contributed by atoms with van der Waals surface area (Å²) < 4.78 is 5.70. The van der Waals surface area contributed by atoms with Crippen LogP contribution in [0.1, 0.15) is 17.5 Å². The van der Waals surface area contributed by atoms with Gasteiger partial charge in [0, 0.05) is 17.1 Å². The highest BCUT2D eigenvalue weighted by atomic mass is 32.2. The van der Waals surface area contributed by atoms with E-state index >= 15 is 0 Å². The van der Waals surface area contributed by atoms with E-state index in [0.717, 1.165) is 23.5 Å². The van der Waals surface area contributed by atoms with Gasteiger partial charge in [0.2, 0.25) is 5.91 Å². The molecule has 1 amide bonds. The first kappa shape index (κ1) is 15.9. The van der Waals surface area contributed by atoms with Gasteiger partial charge < -0.3 is 10.1 Å². The van der Waals surface area contributed by atoms with Gasteiger partial charge in [-0.25, -0.2) is 0 Å². The van der Waals surface area contributed by atoms with E-state index < -0.39 is 0 Å². The van der Waals surface area contributed by atoms with Gasteiger partial charge in [-0.05, 0) is 37.1 Å². The zero-order valence-electron chi connectivity index (χ0n) is 13.2. The number of nitrogens with one attached hydrogen (secondary N) is 1. The predicted molar refractivity (Wildman–Crippen MR) is 94.1 cm³/mol. The SMILES string of the molecule is Cc1ccc(SCCC(=O)NC2COc3ccccc3C2)cc1. The number of hydrogen-bond donors (Lipinski definition) is 1. The summed E-state index contributed by atoms with van der Waals surface area (Å²) in [7, 11) is 0. The predicted octanol–water partition coefficient (Wildman–Crippen LogP) is 3.60. The van der Waals surface area contributed by atoms with Gasteiger partial charge in [0.15, 0.2) is 0 Å². The molecule has 1 aliphatic rings. The average molecular weight is 327 g/mol. The molecule has 4 heteroatoms. The monoisotopic (exact) mass is 327 g/mol. The summed E-state index contributed by atoms with van der Waals surface area (Å²) in [6, 6.07) is 16.5. The number of ether oxygens (including phenoxy) is 1. The van der Waals surface area contributed by atoms with Crippen LogP contribution in [0.2, 0.25) is 0 Å². The summed E-state index contributed by atoms with van der Waals surface area (Å²) >= 11 is 1.72. The molecule has 0 aliphatic carbocycles. The van der Waals surface area contributed by atoms with Crippen molar-refractivity contribution in [2.75, 3.05) is 12.4 Å². The Labute approximate surface area is 141 Å². The number of benzene rings is 2. The fraction of sp³-hybridized carbons (Fsp3) is 0.316. The summed E-state index contributed by atoms with van der Waals surface area (Å²) in [6.45, 7) is 2.63. The molecule has 3 nitrogen and oxygen atoms in total. The molecule has 2 aromatic rings. The van der Waals surface area contributed by atoms with Crippen LogP contribution < -0.4 is 10.1 Å². The first-order valence-electron chi connectivity index (χ1n) is 7.90. The minimum atomic E-state index is 0.0711. The van der Waals surface area contributed by atoms with E-state index in [-0.39, 0.29) is 11.9 Å². The number of thioether (sulfide) groups is 1. The molecule has 1 unspecified atom stereocenters. The van der Waals surface area contributed by atoms with Crippen molar-refractivity contribution >= 4 is 17.7 Å². The van der Waals surface area contributed by atoms with Crippen molar-refractivity contribution in [2.45, 2.75) is 30.7 Å². The van der Waals surface area contributed by atoms with Crippen LogP contribution in [0.4, 0.5) is 0 Å². The zero-order valence-corrected chi connectivity index (χ0v) is 14.1. The molecule has 120 valence electrons. The van der Waals surface area contributed by atoms with E-state index in [0.29, 0.717) is 13.0 Å². The summed E-state index contributed by atoms with van der Waals surface area (Å²) in [6.07, 6.45) is 1.36.